The van der Waals surface area contributed by atoms with Gasteiger partial charge in [0.15, 0.2) is 0 Å². The predicted octanol–water partition coefficient (Wildman–Crippen LogP) is 3.55. The zero-order chi connectivity index (χ0) is 13.7. The van der Waals surface area contributed by atoms with Gasteiger partial charge in [0.1, 0.15) is 5.75 Å². The molecule has 2 N–H and O–H groups in total. The number of phenols is 1. The van der Waals surface area contributed by atoms with Crippen molar-refractivity contribution in [3.63, 3.8) is 0 Å². The normalized spacial score (nSPS) is 10.6. The van der Waals surface area contributed by atoms with Crippen LogP contribution in [0.15, 0.2) is 42.5 Å². The summed E-state index contributed by atoms with van der Waals surface area (Å²) in [6.07, 6.45) is 1.05. The maximum absolute atomic E-state index is 9.96. The Morgan fingerprint density at radius 3 is 2.26 bits per heavy atom. The van der Waals surface area contributed by atoms with Crippen molar-refractivity contribution in [2.75, 3.05) is 0 Å². The number of aryl methyl sites for hydroxylation is 2. The van der Waals surface area contributed by atoms with Crippen LogP contribution in [-0.2, 0) is 19.5 Å². The van der Waals surface area contributed by atoms with E-state index < -0.39 is 0 Å². The molecule has 2 nitrogen and oxygen atoms in total. The number of aromatic hydroxyl groups is 1. The molecule has 0 atom stereocenters. The average molecular weight is 255 g/mol. The van der Waals surface area contributed by atoms with Crippen LogP contribution in [0.5, 0.6) is 5.75 Å². The summed E-state index contributed by atoms with van der Waals surface area (Å²) in [6, 6.07) is 14.3. The molecule has 100 valence electrons. The van der Waals surface area contributed by atoms with Gasteiger partial charge in [-0.3, -0.25) is 0 Å². The van der Waals surface area contributed by atoms with Crippen molar-refractivity contribution in [3.05, 3.63) is 64.7 Å². The lowest BCUT2D eigenvalue weighted by molar-refractivity contribution is 0.460. The number of nitrogens with one attached hydrogen (secondary N) is 1. The molecule has 19 heavy (non-hydrogen) atoms. The van der Waals surface area contributed by atoms with Crippen molar-refractivity contribution in [1.29, 1.82) is 0 Å². The first-order valence-electron chi connectivity index (χ1n) is 6.77. The van der Waals surface area contributed by atoms with Gasteiger partial charge in [0.25, 0.3) is 0 Å². The first kappa shape index (κ1) is 13.6. The van der Waals surface area contributed by atoms with E-state index in [-0.39, 0.29) is 0 Å². The molecule has 0 saturated heterocycles. The van der Waals surface area contributed by atoms with E-state index in [1.54, 1.807) is 0 Å². The van der Waals surface area contributed by atoms with E-state index >= 15 is 0 Å². The van der Waals surface area contributed by atoms with E-state index in [2.05, 4.69) is 36.5 Å². The fraction of sp³-hybridized carbons (Fsp3) is 0.294. The van der Waals surface area contributed by atoms with Gasteiger partial charge < -0.3 is 10.4 Å². The van der Waals surface area contributed by atoms with Gasteiger partial charge in [-0.2, -0.15) is 0 Å². The van der Waals surface area contributed by atoms with Crippen LogP contribution in [-0.4, -0.2) is 5.11 Å². The molecule has 0 radical (unpaired) electrons. The number of hydrogen-bond acceptors (Lipinski definition) is 2. The van der Waals surface area contributed by atoms with Crippen LogP contribution in [0.4, 0.5) is 0 Å². The molecule has 0 amide bonds. The van der Waals surface area contributed by atoms with Gasteiger partial charge in [-0.25, -0.2) is 0 Å². The van der Waals surface area contributed by atoms with Gasteiger partial charge in [-0.15, -0.1) is 0 Å². The summed E-state index contributed by atoms with van der Waals surface area (Å²) in [5.41, 5.74) is 4.59. The largest absolute Gasteiger partial charge is 0.507 e. The van der Waals surface area contributed by atoms with Crippen LogP contribution in [0.25, 0.3) is 0 Å². The fourth-order valence-corrected chi connectivity index (χ4v) is 2.27. The maximum atomic E-state index is 9.96. The predicted molar refractivity (Wildman–Crippen MR) is 79.2 cm³/mol. The quantitative estimate of drug-likeness (QED) is 0.856. The monoisotopic (exact) mass is 255 g/mol. The van der Waals surface area contributed by atoms with Crippen LogP contribution >= 0.6 is 0 Å². The van der Waals surface area contributed by atoms with Crippen molar-refractivity contribution in [1.82, 2.24) is 5.32 Å². The highest BCUT2D eigenvalue weighted by Gasteiger charge is 2.04. The SMILES string of the molecule is CCc1ccccc1CNCc1cccc(C)c1O. The van der Waals surface area contributed by atoms with E-state index in [1.807, 2.05) is 25.1 Å². The minimum Gasteiger partial charge on any atom is -0.507 e. The Morgan fingerprint density at radius 2 is 1.53 bits per heavy atom. The van der Waals surface area contributed by atoms with Crippen molar-refractivity contribution in [2.45, 2.75) is 33.4 Å². The van der Waals surface area contributed by atoms with Gasteiger partial charge >= 0.3 is 0 Å². The Kier molecular flexibility index (Phi) is 4.58. The third-order valence-corrected chi connectivity index (χ3v) is 3.45. The fourth-order valence-electron chi connectivity index (χ4n) is 2.27. The molecule has 0 unspecified atom stereocenters. The first-order chi connectivity index (χ1) is 9.22. The van der Waals surface area contributed by atoms with Gasteiger partial charge in [0.2, 0.25) is 0 Å². The van der Waals surface area contributed by atoms with Gasteiger partial charge in [-0.1, -0.05) is 49.4 Å². The lowest BCUT2D eigenvalue weighted by Crippen LogP contribution is -2.14. The molecule has 2 aromatic rings. The summed E-state index contributed by atoms with van der Waals surface area (Å²) in [5, 5.41) is 13.4. The lowest BCUT2D eigenvalue weighted by Gasteiger charge is -2.11. The van der Waals surface area contributed by atoms with Gasteiger partial charge in [0, 0.05) is 18.7 Å². The molecule has 0 aromatic heterocycles. The van der Waals surface area contributed by atoms with E-state index in [9.17, 15) is 5.11 Å². The minimum atomic E-state index is 0.402. The molecule has 0 aliphatic heterocycles. The Hall–Kier alpha value is -1.80. The van der Waals surface area contributed by atoms with Crippen molar-refractivity contribution >= 4 is 0 Å². The summed E-state index contributed by atoms with van der Waals surface area (Å²) in [4.78, 5) is 0. The third kappa shape index (κ3) is 3.36. The van der Waals surface area contributed by atoms with Crippen LogP contribution in [0.3, 0.4) is 0 Å². The smallest absolute Gasteiger partial charge is 0.122 e. The molecular weight excluding hydrogens is 234 g/mol. The van der Waals surface area contributed by atoms with E-state index in [1.165, 1.54) is 11.1 Å². The molecule has 0 aliphatic carbocycles. The Bertz CT molecular complexity index is 549. The van der Waals surface area contributed by atoms with Crippen LogP contribution in [0, 0.1) is 6.92 Å². The highest BCUT2D eigenvalue weighted by molar-refractivity contribution is 5.39. The molecule has 0 heterocycles. The van der Waals surface area contributed by atoms with Crippen molar-refractivity contribution in [3.8, 4) is 5.75 Å². The number of rotatable bonds is 5. The highest BCUT2D eigenvalue weighted by Crippen LogP contribution is 2.21. The average Bonchev–Trinajstić information content (AvgIpc) is 2.44. The van der Waals surface area contributed by atoms with Gasteiger partial charge in [0.05, 0.1) is 0 Å². The molecule has 2 rings (SSSR count). The third-order valence-electron chi connectivity index (χ3n) is 3.45. The molecule has 0 bridgehead atoms. The number of benzene rings is 2. The zero-order valence-corrected chi connectivity index (χ0v) is 11.6. The van der Waals surface area contributed by atoms with Crippen LogP contribution < -0.4 is 5.32 Å². The number of hydrogen-bond donors (Lipinski definition) is 2. The summed E-state index contributed by atoms with van der Waals surface area (Å²) in [5.74, 6) is 0.402. The molecule has 0 fully saturated rings. The minimum absolute atomic E-state index is 0.402. The topological polar surface area (TPSA) is 32.3 Å². The van der Waals surface area contributed by atoms with Crippen molar-refractivity contribution in [2.24, 2.45) is 0 Å². The first-order valence-corrected chi connectivity index (χ1v) is 6.77. The zero-order valence-electron chi connectivity index (χ0n) is 11.6. The molecule has 0 saturated carbocycles. The second kappa shape index (κ2) is 6.39. The number of phenolic OH excluding ortho intramolecular Hbond substituents is 1. The summed E-state index contributed by atoms with van der Waals surface area (Å²) in [6.45, 7) is 5.61. The molecular formula is C17H21NO. The Balaban J connectivity index is 1.98. The standard InChI is InChI=1S/C17H21NO/c1-3-14-8-4-5-9-15(14)11-18-12-16-10-6-7-13(2)17(16)19/h4-10,18-19H,3,11-12H2,1-2H3. The maximum Gasteiger partial charge on any atom is 0.122 e. The Labute approximate surface area is 115 Å². The molecule has 0 aliphatic rings. The number of para-hydroxylation sites is 1. The second-order valence-electron chi connectivity index (χ2n) is 4.81. The molecule has 0 spiro atoms. The lowest BCUT2D eigenvalue weighted by atomic mass is 10.1. The molecule has 2 aromatic carbocycles. The van der Waals surface area contributed by atoms with Crippen LogP contribution in [0.1, 0.15) is 29.2 Å². The van der Waals surface area contributed by atoms with Gasteiger partial charge in [-0.05, 0) is 30.0 Å². The molecule has 2 heteroatoms. The van der Waals surface area contributed by atoms with E-state index in [0.717, 1.165) is 24.1 Å². The summed E-state index contributed by atoms with van der Waals surface area (Å²) >= 11 is 0. The summed E-state index contributed by atoms with van der Waals surface area (Å²) in [7, 11) is 0. The van der Waals surface area contributed by atoms with Crippen molar-refractivity contribution < 1.29 is 5.11 Å². The second-order valence-corrected chi connectivity index (χ2v) is 4.81. The van der Waals surface area contributed by atoms with Crippen LogP contribution in [0.2, 0.25) is 0 Å². The highest BCUT2D eigenvalue weighted by atomic mass is 16.3. The Morgan fingerprint density at radius 1 is 0.895 bits per heavy atom. The van der Waals surface area contributed by atoms with E-state index in [4.69, 9.17) is 0 Å². The summed E-state index contributed by atoms with van der Waals surface area (Å²) < 4.78 is 0. The van der Waals surface area contributed by atoms with E-state index in [0.29, 0.717) is 12.3 Å².